The van der Waals surface area contributed by atoms with Crippen molar-refractivity contribution in [2.75, 3.05) is 0 Å². The van der Waals surface area contributed by atoms with Crippen molar-refractivity contribution in [1.82, 2.24) is 0 Å². The van der Waals surface area contributed by atoms with Crippen molar-refractivity contribution < 1.29 is 13.9 Å². The van der Waals surface area contributed by atoms with E-state index < -0.39 is 0 Å². The van der Waals surface area contributed by atoms with Crippen LogP contribution in [0.4, 0.5) is 4.39 Å². The Morgan fingerprint density at radius 2 is 1.83 bits per heavy atom. The highest BCUT2D eigenvalue weighted by molar-refractivity contribution is 9.10. The summed E-state index contributed by atoms with van der Waals surface area (Å²) >= 11 is 3.30. The van der Waals surface area contributed by atoms with E-state index in [9.17, 15) is 9.18 Å². The minimum Gasteiger partial charge on any atom is -0.457 e. The number of carbonyl (C=O) groups excluding carboxylic acids is 1. The fourth-order valence-corrected chi connectivity index (χ4v) is 1.86. The number of hydrogen-bond acceptors (Lipinski definition) is 2. The van der Waals surface area contributed by atoms with Gasteiger partial charge >= 0.3 is 0 Å². The molecule has 0 amide bonds. The van der Waals surface area contributed by atoms with Crippen LogP contribution in [0.5, 0.6) is 11.5 Å². The molecule has 0 bridgehead atoms. The molecular formula is C14H10BrFO2. The number of halogens is 2. The monoisotopic (exact) mass is 308 g/mol. The standard InChI is InChI=1S/C14H10BrFO2/c1-9(17)13-8-10(15)2-7-14(13)18-12-5-3-11(16)4-6-12/h2-8H,1H3. The summed E-state index contributed by atoms with van der Waals surface area (Å²) in [5.74, 6) is 0.525. The van der Waals surface area contributed by atoms with Crippen LogP contribution in [0.15, 0.2) is 46.9 Å². The van der Waals surface area contributed by atoms with Gasteiger partial charge in [0, 0.05) is 4.47 Å². The molecule has 2 nitrogen and oxygen atoms in total. The maximum Gasteiger partial charge on any atom is 0.163 e. The Hall–Kier alpha value is -1.68. The number of ketones is 1. The predicted molar refractivity (Wildman–Crippen MR) is 70.6 cm³/mol. The second-order valence-corrected chi connectivity index (χ2v) is 4.67. The summed E-state index contributed by atoms with van der Waals surface area (Å²) in [6.07, 6.45) is 0. The lowest BCUT2D eigenvalue weighted by Crippen LogP contribution is -1.97. The highest BCUT2D eigenvalue weighted by Crippen LogP contribution is 2.28. The number of Topliss-reactive ketones (excluding diaryl/α,β-unsaturated/α-hetero) is 1. The summed E-state index contributed by atoms with van der Waals surface area (Å²) in [5, 5.41) is 0. The van der Waals surface area contributed by atoms with Gasteiger partial charge in [-0.2, -0.15) is 0 Å². The Morgan fingerprint density at radius 3 is 2.44 bits per heavy atom. The highest BCUT2D eigenvalue weighted by atomic mass is 79.9. The molecule has 0 aromatic heterocycles. The molecule has 0 atom stereocenters. The van der Waals surface area contributed by atoms with Crippen molar-refractivity contribution in [3.8, 4) is 11.5 Å². The third kappa shape index (κ3) is 2.96. The van der Waals surface area contributed by atoms with Crippen LogP contribution in [0.3, 0.4) is 0 Å². The Labute approximate surface area is 113 Å². The molecular weight excluding hydrogens is 299 g/mol. The molecule has 0 saturated heterocycles. The number of benzene rings is 2. The van der Waals surface area contributed by atoms with Crippen LogP contribution in [-0.4, -0.2) is 5.78 Å². The molecule has 0 aliphatic rings. The van der Waals surface area contributed by atoms with E-state index in [1.807, 2.05) is 0 Å². The van der Waals surface area contributed by atoms with E-state index in [0.29, 0.717) is 17.1 Å². The largest absolute Gasteiger partial charge is 0.457 e. The molecule has 0 heterocycles. The molecule has 0 fully saturated rings. The Morgan fingerprint density at radius 1 is 1.17 bits per heavy atom. The van der Waals surface area contributed by atoms with Crippen LogP contribution in [0, 0.1) is 5.82 Å². The van der Waals surface area contributed by atoms with Crippen LogP contribution >= 0.6 is 15.9 Å². The number of rotatable bonds is 3. The summed E-state index contributed by atoms with van der Waals surface area (Å²) in [6.45, 7) is 1.47. The summed E-state index contributed by atoms with van der Waals surface area (Å²) in [6, 6.07) is 10.8. The highest BCUT2D eigenvalue weighted by Gasteiger charge is 2.10. The molecule has 4 heteroatoms. The average Bonchev–Trinajstić information content (AvgIpc) is 2.34. The van der Waals surface area contributed by atoms with Crippen molar-refractivity contribution in [2.24, 2.45) is 0 Å². The fraction of sp³-hybridized carbons (Fsp3) is 0.0714. The number of carbonyl (C=O) groups is 1. The summed E-state index contributed by atoms with van der Waals surface area (Å²) < 4.78 is 19.1. The topological polar surface area (TPSA) is 26.3 Å². The molecule has 2 aromatic carbocycles. The zero-order chi connectivity index (χ0) is 13.1. The molecule has 0 spiro atoms. The van der Waals surface area contributed by atoms with E-state index in [0.717, 1.165) is 4.47 Å². The van der Waals surface area contributed by atoms with Crippen LogP contribution in [-0.2, 0) is 0 Å². The first-order valence-corrected chi connectivity index (χ1v) is 6.09. The van der Waals surface area contributed by atoms with Crippen molar-refractivity contribution in [3.63, 3.8) is 0 Å². The van der Waals surface area contributed by atoms with E-state index in [1.54, 1.807) is 18.2 Å². The SMILES string of the molecule is CC(=O)c1cc(Br)ccc1Oc1ccc(F)cc1. The number of ether oxygens (including phenoxy) is 1. The second kappa shape index (κ2) is 5.31. The Kier molecular flexibility index (Phi) is 3.77. The van der Waals surface area contributed by atoms with E-state index in [4.69, 9.17) is 4.74 Å². The molecule has 2 rings (SSSR count). The molecule has 0 aliphatic heterocycles. The first-order valence-electron chi connectivity index (χ1n) is 5.30. The van der Waals surface area contributed by atoms with E-state index in [1.165, 1.54) is 31.2 Å². The Balaban J connectivity index is 2.34. The lowest BCUT2D eigenvalue weighted by Gasteiger charge is -2.09. The minimum absolute atomic E-state index is 0.0894. The van der Waals surface area contributed by atoms with E-state index >= 15 is 0 Å². The predicted octanol–water partition coefficient (Wildman–Crippen LogP) is 4.58. The second-order valence-electron chi connectivity index (χ2n) is 3.75. The lowest BCUT2D eigenvalue weighted by atomic mass is 10.1. The molecule has 0 unspecified atom stereocenters. The maximum atomic E-state index is 12.8. The molecule has 0 aliphatic carbocycles. The summed E-state index contributed by atoms with van der Waals surface area (Å²) in [4.78, 5) is 11.5. The van der Waals surface area contributed by atoms with Gasteiger partial charge in [0.1, 0.15) is 17.3 Å². The van der Waals surface area contributed by atoms with Gasteiger partial charge in [-0.05, 0) is 49.4 Å². The van der Waals surface area contributed by atoms with Gasteiger partial charge in [0.05, 0.1) is 5.56 Å². The summed E-state index contributed by atoms with van der Waals surface area (Å²) in [5.41, 5.74) is 0.480. The Bertz CT molecular complexity index is 579. The van der Waals surface area contributed by atoms with E-state index in [2.05, 4.69) is 15.9 Å². The average molecular weight is 309 g/mol. The molecule has 2 aromatic rings. The van der Waals surface area contributed by atoms with Crippen LogP contribution in [0.25, 0.3) is 0 Å². The third-order valence-electron chi connectivity index (χ3n) is 2.36. The van der Waals surface area contributed by atoms with Gasteiger partial charge in [0.25, 0.3) is 0 Å². The smallest absolute Gasteiger partial charge is 0.163 e. The van der Waals surface area contributed by atoms with Crippen molar-refractivity contribution in [1.29, 1.82) is 0 Å². The van der Waals surface area contributed by atoms with E-state index in [-0.39, 0.29) is 11.6 Å². The van der Waals surface area contributed by atoms with Gasteiger partial charge in [-0.3, -0.25) is 4.79 Å². The molecule has 0 radical (unpaired) electrons. The van der Waals surface area contributed by atoms with Crippen LogP contribution in [0.2, 0.25) is 0 Å². The van der Waals surface area contributed by atoms with Gasteiger partial charge in [0.15, 0.2) is 5.78 Å². The summed E-state index contributed by atoms with van der Waals surface area (Å²) in [7, 11) is 0. The third-order valence-corrected chi connectivity index (χ3v) is 2.86. The van der Waals surface area contributed by atoms with Crippen molar-refractivity contribution in [2.45, 2.75) is 6.92 Å². The molecule has 0 N–H and O–H groups in total. The first-order chi connectivity index (χ1) is 8.56. The molecule has 18 heavy (non-hydrogen) atoms. The minimum atomic E-state index is -0.329. The first kappa shape index (κ1) is 12.8. The zero-order valence-electron chi connectivity index (χ0n) is 9.61. The fourth-order valence-electron chi connectivity index (χ4n) is 1.50. The van der Waals surface area contributed by atoms with Gasteiger partial charge in [-0.15, -0.1) is 0 Å². The van der Waals surface area contributed by atoms with Gasteiger partial charge in [-0.1, -0.05) is 15.9 Å². The van der Waals surface area contributed by atoms with Gasteiger partial charge in [0.2, 0.25) is 0 Å². The molecule has 92 valence electrons. The van der Waals surface area contributed by atoms with Gasteiger partial charge < -0.3 is 4.74 Å². The molecule has 0 saturated carbocycles. The van der Waals surface area contributed by atoms with Gasteiger partial charge in [-0.25, -0.2) is 4.39 Å². The quantitative estimate of drug-likeness (QED) is 0.776. The normalized spacial score (nSPS) is 10.2. The van der Waals surface area contributed by atoms with Crippen LogP contribution in [0.1, 0.15) is 17.3 Å². The van der Waals surface area contributed by atoms with Crippen molar-refractivity contribution in [3.05, 3.63) is 58.3 Å². The van der Waals surface area contributed by atoms with Crippen LogP contribution < -0.4 is 4.74 Å². The zero-order valence-corrected chi connectivity index (χ0v) is 11.2. The van der Waals surface area contributed by atoms with Crippen molar-refractivity contribution >= 4 is 21.7 Å². The maximum absolute atomic E-state index is 12.8. The lowest BCUT2D eigenvalue weighted by molar-refractivity contribution is 0.101. The number of hydrogen-bond donors (Lipinski definition) is 0.